The molecule has 0 radical (unpaired) electrons. The zero-order valence-corrected chi connectivity index (χ0v) is 23.6. The highest BCUT2D eigenvalue weighted by molar-refractivity contribution is 5.98. The van der Waals surface area contributed by atoms with Crippen LogP contribution < -0.4 is 38.1 Å². The van der Waals surface area contributed by atoms with Crippen LogP contribution in [0.3, 0.4) is 0 Å². The Morgan fingerprint density at radius 1 is 0.878 bits per heavy atom. The molecule has 14 heteroatoms. The minimum Gasteiger partial charge on any atom is -0.370 e. The third-order valence-corrected chi connectivity index (χ3v) is 6.31. The number of nitrogens with two attached hydrogens (primary N) is 2. The highest BCUT2D eigenvalue weighted by atomic mass is 16.2. The van der Waals surface area contributed by atoms with Crippen LogP contribution in [-0.4, -0.2) is 78.5 Å². The molecule has 0 aromatic heterocycles. The van der Waals surface area contributed by atoms with Gasteiger partial charge in [-0.1, -0.05) is 44.2 Å². The second-order valence-corrected chi connectivity index (χ2v) is 10.2. The van der Waals surface area contributed by atoms with Gasteiger partial charge < -0.3 is 38.1 Å². The van der Waals surface area contributed by atoms with Crippen LogP contribution in [0.1, 0.15) is 45.6 Å². The molecule has 0 spiro atoms. The van der Waals surface area contributed by atoms with E-state index in [2.05, 4.69) is 31.6 Å². The predicted octanol–water partition coefficient (Wildman–Crippen LogP) is -2.01. The fourth-order valence-corrected chi connectivity index (χ4v) is 4.19. The summed E-state index contributed by atoms with van der Waals surface area (Å²) >= 11 is 0. The Labute approximate surface area is 238 Å². The van der Waals surface area contributed by atoms with Crippen LogP contribution in [0.25, 0.3) is 0 Å². The van der Waals surface area contributed by atoms with Crippen molar-refractivity contribution in [2.75, 3.05) is 13.1 Å². The quantitative estimate of drug-likeness (QED) is 0.0991. The van der Waals surface area contributed by atoms with Crippen molar-refractivity contribution in [3.05, 3.63) is 35.9 Å². The van der Waals surface area contributed by atoms with Crippen LogP contribution in [0, 0.1) is 5.92 Å². The van der Waals surface area contributed by atoms with Gasteiger partial charge in [0.15, 0.2) is 5.96 Å². The topological polar surface area (TPSA) is 227 Å². The predicted molar refractivity (Wildman–Crippen MR) is 151 cm³/mol. The Hall–Kier alpha value is -4.49. The molecule has 0 saturated carbocycles. The Kier molecular flexibility index (Phi) is 12.7. The molecule has 5 amide bonds. The number of hydrogen-bond donors (Lipinski definition) is 7. The van der Waals surface area contributed by atoms with Crippen LogP contribution in [0.5, 0.6) is 0 Å². The van der Waals surface area contributed by atoms with E-state index < -0.39 is 60.2 Å². The van der Waals surface area contributed by atoms with Gasteiger partial charge in [0.2, 0.25) is 29.5 Å². The molecule has 0 bridgehead atoms. The van der Waals surface area contributed by atoms with Gasteiger partial charge >= 0.3 is 0 Å². The lowest BCUT2D eigenvalue weighted by Gasteiger charge is -2.27. The number of guanidine groups is 1. The maximum absolute atomic E-state index is 13.4. The summed E-state index contributed by atoms with van der Waals surface area (Å²) in [4.78, 5) is 81.4. The van der Waals surface area contributed by atoms with E-state index >= 15 is 0 Å². The smallest absolute Gasteiger partial charge is 0.243 e. The van der Waals surface area contributed by atoms with Gasteiger partial charge in [-0.3, -0.25) is 33.8 Å². The number of aliphatic imine (C=N–C) groups is 1. The second kappa shape index (κ2) is 15.9. The zero-order valence-electron chi connectivity index (χ0n) is 23.6. The van der Waals surface area contributed by atoms with Crippen molar-refractivity contribution in [1.29, 1.82) is 0 Å². The van der Waals surface area contributed by atoms with Crippen LogP contribution in [0.15, 0.2) is 35.3 Å². The highest BCUT2D eigenvalue weighted by Crippen LogP contribution is 2.09. The van der Waals surface area contributed by atoms with Crippen LogP contribution in [0.4, 0.5) is 0 Å². The minimum atomic E-state index is -1.29. The van der Waals surface area contributed by atoms with E-state index in [1.807, 2.05) is 0 Å². The zero-order chi connectivity index (χ0) is 30.5. The SMILES string of the molecule is CC(=O)C[C@@H]1NC(=O)[C@H](Cc2ccccc2)NC(=O)[C@H](C(C)C)NC(=O)[C@H](CCCN=C(N)N)NC(=O)CNC1=O. The maximum Gasteiger partial charge on any atom is 0.243 e. The molecule has 224 valence electrons. The number of hydrogen-bond acceptors (Lipinski definition) is 7. The summed E-state index contributed by atoms with van der Waals surface area (Å²) in [5.41, 5.74) is 11.4. The Morgan fingerprint density at radius 2 is 1.51 bits per heavy atom. The summed E-state index contributed by atoms with van der Waals surface area (Å²) in [6.07, 6.45) is 0.226. The minimum absolute atomic E-state index is 0.0824. The average molecular weight is 573 g/mol. The third kappa shape index (κ3) is 11.3. The number of nitrogens with zero attached hydrogens (tertiary/aromatic N) is 1. The van der Waals surface area contributed by atoms with Crippen LogP contribution >= 0.6 is 0 Å². The Balaban J connectivity index is 2.43. The number of carbonyl (C=O) groups is 6. The lowest BCUT2D eigenvalue weighted by molar-refractivity contribution is -0.135. The van der Waals surface area contributed by atoms with Gasteiger partial charge in [0.1, 0.15) is 30.0 Å². The molecule has 1 aliphatic heterocycles. The first-order valence-electron chi connectivity index (χ1n) is 13.4. The molecular formula is C27H40N8O6. The van der Waals surface area contributed by atoms with Gasteiger partial charge in [0.05, 0.1) is 6.54 Å². The molecule has 1 fully saturated rings. The molecule has 1 aliphatic rings. The molecule has 0 unspecified atom stereocenters. The second-order valence-electron chi connectivity index (χ2n) is 10.2. The van der Waals surface area contributed by atoms with Crippen molar-refractivity contribution in [1.82, 2.24) is 26.6 Å². The van der Waals surface area contributed by atoms with E-state index in [0.29, 0.717) is 6.42 Å². The van der Waals surface area contributed by atoms with Crippen molar-refractivity contribution in [3.8, 4) is 0 Å². The fourth-order valence-electron chi connectivity index (χ4n) is 4.19. The van der Waals surface area contributed by atoms with Gasteiger partial charge in [0, 0.05) is 19.4 Å². The van der Waals surface area contributed by atoms with Crippen molar-refractivity contribution in [2.45, 2.75) is 70.6 Å². The first-order valence-corrected chi connectivity index (χ1v) is 13.4. The lowest BCUT2D eigenvalue weighted by Crippen LogP contribution is -2.59. The van der Waals surface area contributed by atoms with Crippen LogP contribution in [-0.2, 0) is 35.2 Å². The highest BCUT2D eigenvalue weighted by Gasteiger charge is 2.33. The number of rotatable bonds is 9. The molecule has 1 saturated heterocycles. The van der Waals surface area contributed by atoms with Crippen molar-refractivity contribution < 1.29 is 28.8 Å². The van der Waals surface area contributed by atoms with Crippen molar-refractivity contribution >= 4 is 41.3 Å². The molecule has 41 heavy (non-hydrogen) atoms. The van der Waals surface area contributed by atoms with E-state index in [9.17, 15) is 28.8 Å². The Morgan fingerprint density at radius 3 is 2.12 bits per heavy atom. The molecule has 2 rings (SSSR count). The largest absolute Gasteiger partial charge is 0.370 e. The molecule has 14 nitrogen and oxygen atoms in total. The number of carbonyl (C=O) groups excluding carboxylic acids is 6. The van der Waals surface area contributed by atoms with E-state index in [1.165, 1.54) is 6.92 Å². The number of amides is 5. The molecule has 9 N–H and O–H groups in total. The molecule has 4 atom stereocenters. The first-order chi connectivity index (χ1) is 19.4. The maximum atomic E-state index is 13.4. The number of ketones is 1. The normalized spacial score (nSPS) is 22.7. The van der Waals surface area contributed by atoms with Gasteiger partial charge in [-0.2, -0.15) is 0 Å². The summed E-state index contributed by atoms with van der Waals surface area (Å²) < 4.78 is 0. The van der Waals surface area contributed by atoms with E-state index in [-0.39, 0.29) is 43.5 Å². The van der Waals surface area contributed by atoms with E-state index in [4.69, 9.17) is 11.5 Å². The summed E-state index contributed by atoms with van der Waals surface area (Å²) in [6.45, 7) is 4.40. The molecule has 1 aromatic carbocycles. The monoisotopic (exact) mass is 572 g/mol. The summed E-state index contributed by atoms with van der Waals surface area (Å²) in [5, 5.41) is 12.9. The summed E-state index contributed by atoms with van der Waals surface area (Å²) in [7, 11) is 0. The van der Waals surface area contributed by atoms with Crippen molar-refractivity contribution in [2.24, 2.45) is 22.4 Å². The van der Waals surface area contributed by atoms with Crippen LogP contribution in [0.2, 0.25) is 0 Å². The first kappa shape index (κ1) is 32.7. The number of Topliss-reactive ketones (excluding diaryl/α,β-unsaturated/α-hetero) is 1. The van der Waals surface area contributed by atoms with Gasteiger partial charge in [-0.25, -0.2) is 0 Å². The van der Waals surface area contributed by atoms with E-state index in [0.717, 1.165) is 5.56 Å². The average Bonchev–Trinajstić information content (AvgIpc) is 2.90. The summed E-state index contributed by atoms with van der Waals surface area (Å²) in [5.74, 6) is -4.28. The van der Waals surface area contributed by atoms with Gasteiger partial charge in [0.25, 0.3) is 0 Å². The molecule has 1 aromatic rings. The van der Waals surface area contributed by atoms with Gasteiger partial charge in [-0.05, 0) is 31.2 Å². The summed E-state index contributed by atoms with van der Waals surface area (Å²) in [6, 6.07) is 4.38. The molecule has 0 aliphatic carbocycles. The number of nitrogens with one attached hydrogen (secondary N) is 5. The standard InChI is InChI=1S/C27H40N8O6/c1-15(2)22-26(41)34-20(13-17-8-5-4-6-9-17)25(40)33-19(12-16(3)36)23(38)31-14-21(37)32-18(24(39)35-22)10-7-11-30-27(28)29/h4-6,8-9,15,18-20,22H,7,10-14H2,1-3H3,(H,31,38)(H,32,37)(H,33,40)(H,34,41)(H,35,39)(H4,28,29,30)/t18-,19-,20-,22-/m0/s1. The fraction of sp³-hybridized carbons (Fsp3) is 0.519. The lowest BCUT2D eigenvalue weighted by atomic mass is 9.99. The van der Waals surface area contributed by atoms with E-state index in [1.54, 1.807) is 44.2 Å². The van der Waals surface area contributed by atoms with Gasteiger partial charge in [-0.15, -0.1) is 0 Å². The molecule has 1 heterocycles. The third-order valence-electron chi connectivity index (χ3n) is 6.31. The Bertz CT molecular complexity index is 1140. The molecular weight excluding hydrogens is 532 g/mol. The van der Waals surface area contributed by atoms with Crippen molar-refractivity contribution in [3.63, 3.8) is 0 Å². The number of benzene rings is 1.